The fourth-order valence-electron chi connectivity index (χ4n) is 2.64. The van der Waals surface area contributed by atoms with Crippen molar-refractivity contribution in [3.05, 3.63) is 33.8 Å². The highest BCUT2D eigenvalue weighted by Gasteiger charge is 2.23. The molecule has 0 spiro atoms. The smallest absolute Gasteiger partial charge is 0.0456 e. The van der Waals surface area contributed by atoms with Crippen molar-refractivity contribution in [3.8, 4) is 0 Å². The molecule has 0 saturated heterocycles. The van der Waals surface area contributed by atoms with Crippen LogP contribution in [0.25, 0.3) is 0 Å². The highest BCUT2D eigenvalue weighted by Crippen LogP contribution is 2.37. The van der Waals surface area contributed by atoms with Gasteiger partial charge in [0.15, 0.2) is 0 Å². The molecule has 1 rings (SSSR count). The molecule has 0 aromatic heterocycles. The molecule has 0 aliphatic heterocycles. The Balaban J connectivity index is 2.91. The van der Waals surface area contributed by atoms with Crippen LogP contribution in [0.4, 0.5) is 0 Å². The van der Waals surface area contributed by atoms with Crippen molar-refractivity contribution in [3.63, 3.8) is 0 Å². The molecule has 0 aliphatic rings. The van der Waals surface area contributed by atoms with Crippen LogP contribution in [-0.4, -0.2) is 13.1 Å². The van der Waals surface area contributed by atoms with Gasteiger partial charge < -0.3 is 5.32 Å². The van der Waals surface area contributed by atoms with Crippen LogP contribution in [0.2, 0.25) is 10.0 Å². The van der Waals surface area contributed by atoms with Crippen LogP contribution in [0.3, 0.4) is 0 Å². The van der Waals surface area contributed by atoms with Gasteiger partial charge in [0.2, 0.25) is 0 Å². The van der Waals surface area contributed by atoms with E-state index in [0.29, 0.717) is 17.8 Å². The summed E-state index contributed by atoms with van der Waals surface area (Å²) in [6.07, 6.45) is 2.37. The predicted molar refractivity (Wildman–Crippen MR) is 91.0 cm³/mol. The maximum Gasteiger partial charge on any atom is 0.0456 e. The van der Waals surface area contributed by atoms with Crippen LogP contribution >= 0.6 is 23.2 Å². The molecular formula is C17H27Cl2N. The fourth-order valence-corrected chi connectivity index (χ4v) is 3.31. The summed E-state index contributed by atoms with van der Waals surface area (Å²) in [5.74, 6) is 1.59. The summed E-state index contributed by atoms with van der Waals surface area (Å²) in [5.41, 5.74) is 1.10. The number of rotatable bonds is 8. The predicted octanol–water partition coefficient (Wildman–Crippen LogP) is 5.76. The van der Waals surface area contributed by atoms with E-state index in [4.69, 9.17) is 23.2 Å². The van der Waals surface area contributed by atoms with Crippen molar-refractivity contribution in [2.24, 2.45) is 11.8 Å². The van der Waals surface area contributed by atoms with Gasteiger partial charge in [0.1, 0.15) is 0 Å². The third-order valence-electron chi connectivity index (χ3n) is 3.72. The van der Waals surface area contributed by atoms with Crippen LogP contribution in [0.15, 0.2) is 18.2 Å². The molecule has 0 saturated carbocycles. The van der Waals surface area contributed by atoms with Crippen molar-refractivity contribution in [1.82, 2.24) is 5.32 Å². The summed E-state index contributed by atoms with van der Waals surface area (Å²) in [4.78, 5) is 0. The Bertz CT molecular complexity index is 384. The van der Waals surface area contributed by atoms with Gasteiger partial charge in [-0.3, -0.25) is 0 Å². The topological polar surface area (TPSA) is 12.0 Å². The Hall–Kier alpha value is -0.240. The standard InChI is InChI=1S/C17H27Cl2N/c1-5-7-13(4)14(11-20-10-12(2)3)17-15(18)8-6-9-16(17)19/h6,8-9,12-14,20H,5,7,10-11H2,1-4H3. The van der Waals surface area contributed by atoms with Crippen LogP contribution in [0.5, 0.6) is 0 Å². The van der Waals surface area contributed by atoms with Crippen LogP contribution in [0, 0.1) is 11.8 Å². The lowest BCUT2D eigenvalue weighted by Gasteiger charge is -2.27. The molecule has 1 aromatic rings. The van der Waals surface area contributed by atoms with Gasteiger partial charge in [0.05, 0.1) is 0 Å². The number of halogens is 2. The second-order valence-corrected chi connectivity index (χ2v) is 6.87. The van der Waals surface area contributed by atoms with E-state index < -0.39 is 0 Å². The Morgan fingerprint density at radius 2 is 1.65 bits per heavy atom. The van der Waals surface area contributed by atoms with E-state index in [2.05, 4.69) is 33.0 Å². The van der Waals surface area contributed by atoms with Crippen LogP contribution in [-0.2, 0) is 0 Å². The summed E-state index contributed by atoms with van der Waals surface area (Å²) in [6.45, 7) is 10.9. The van der Waals surface area contributed by atoms with E-state index in [1.54, 1.807) is 0 Å². The molecule has 0 aliphatic carbocycles. The van der Waals surface area contributed by atoms with E-state index >= 15 is 0 Å². The summed E-state index contributed by atoms with van der Waals surface area (Å²) in [5, 5.41) is 5.14. The minimum Gasteiger partial charge on any atom is -0.316 e. The zero-order valence-corrected chi connectivity index (χ0v) is 14.6. The van der Waals surface area contributed by atoms with Crippen molar-refractivity contribution in [2.75, 3.05) is 13.1 Å². The van der Waals surface area contributed by atoms with Crippen LogP contribution in [0.1, 0.15) is 52.0 Å². The third kappa shape index (κ3) is 5.27. The van der Waals surface area contributed by atoms with Crippen molar-refractivity contribution < 1.29 is 0 Å². The van der Waals surface area contributed by atoms with Crippen LogP contribution < -0.4 is 5.32 Å². The summed E-state index contributed by atoms with van der Waals surface area (Å²) < 4.78 is 0. The molecule has 0 fully saturated rings. The first-order valence-electron chi connectivity index (χ1n) is 7.61. The normalized spacial score (nSPS) is 14.6. The minimum absolute atomic E-state index is 0.370. The van der Waals surface area contributed by atoms with E-state index in [-0.39, 0.29) is 0 Å². The minimum atomic E-state index is 0.370. The van der Waals surface area contributed by atoms with Crippen molar-refractivity contribution in [1.29, 1.82) is 0 Å². The van der Waals surface area contributed by atoms with E-state index in [9.17, 15) is 0 Å². The molecule has 1 aromatic carbocycles. The van der Waals surface area contributed by atoms with E-state index in [1.165, 1.54) is 12.8 Å². The molecule has 0 bridgehead atoms. The van der Waals surface area contributed by atoms with Gasteiger partial charge in [-0.25, -0.2) is 0 Å². The van der Waals surface area contributed by atoms with Gasteiger partial charge >= 0.3 is 0 Å². The van der Waals surface area contributed by atoms with Crippen molar-refractivity contribution in [2.45, 2.75) is 46.5 Å². The zero-order chi connectivity index (χ0) is 15.1. The highest BCUT2D eigenvalue weighted by molar-refractivity contribution is 6.36. The largest absolute Gasteiger partial charge is 0.316 e. The molecule has 2 atom stereocenters. The Morgan fingerprint density at radius 1 is 1.05 bits per heavy atom. The number of hydrogen-bond donors (Lipinski definition) is 1. The van der Waals surface area contributed by atoms with Gasteiger partial charge in [0, 0.05) is 22.5 Å². The third-order valence-corrected chi connectivity index (χ3v) is 4.38. The number of hydrogen-bond acceptors (Lipinski definition) is 1. The number of nitrogens with one attached hydrogen (secondary N) is 1. The number of benzene rings is 1. The Morgan fingerprint density at radius 3 is 2.15 bits per heavy atom. The molecular weight excluding hydrogens is 289 g/mol. The van der Waals surface area contributed by atoms with Gasteiger partial charge in [-0.15, -0.1) is 0 Å². The second-order valence-electron chi connectivity index (χ2n) is 6.06. The molecule has 0 heterocycles. The van der Waals surface area contributed by atoms with Gasteiger partial charge in [-0.1, -0.05) is 69.8 Å². The maximum absolute atomic E-state index is 6.40. The zero-order valence-electron chi connectivity index (χ0n) is 13.0. The first-order chi connectivity index (χ1) is 9.47. The fraction of sp³-hybridized carbons (Fsp3) is 0.647. The molecule has 1 nitrogen and oxygen atoms in total. The quantitative estimate of drug-likeness (QED) is 0.643. The summed E-state index contributed by atoms with van der Waals surface area (Å²) in [7, 11) is 0. The molecule has 2 unspecified atom stereocenters. The van der Waals surface area contributed by atoms with Crippen molar-refractivity contribution >= 4 is 23.2 Å². The van der Waals surface area contributed by atoms with Gasteiger partial charge in [0.25, 0.3) is 0 Å². The second kappa shape index (κ2) is 8.92. The molecule has 3 heteroatoms. The molecule has 20 heavy (non-hydrogen) atoms. The SMILES string of the molecule is CCCC(C)C(CNCC(C)C)c1c(Cl)cccc1Cl. The molecule has 1 N–H and O–H groups in total. The summed E-state index contributed by atoms with van der Waals surface area (Å²) >= 11 is 12.8. The maximum atomic E-state index is 6.40. The Kier molecular flexibility index (Phi) is 7.94. The average molecular weight is 316 g/mol. The Labute approximate surface area is 134 Å². The highest BCUT2D eigenvalue weighted by atomic mass is 35.5. The van der Waals surface area contributed by atoms with E-state index in [0.717, 1.165) is 28.7 Å². The molecule has 114 valence electrons. The first-order valence-corrected chi connectivity index (χ1v) is 8.37. The monoisotopic (exact) mass is 315 g/mol. The lowest BCUT2D eigenvalue weighted by atomic mass is 9.84. The van der Waals surface area contributed by atoms with Gasteiger partial charge in [-0.05, 0) is 36.1 Å². The molecule has 0 amide bonds. The first kappa shape index (κ1) is 17.8. The average Bonchev–Trinajstić information content (AvgIpc) is 2.36. The lowest BCUT2D eigenvalue weighted by molar-refractivity contribution is 0.394. The van der Waals surface area contributed by atoms with E-state index in [1.807, 2.05) is 18.2 Å². The lowest BCUT2D eigenvalue weighted by Crippen LogP contribution is -2.29. The summed E-state index contributed by atoms with van der Waals surface area (Å²) in [6, 6.07) is 5.80. The molecule has 0 radical (unpaired) electrons. The van der Waals surface area contributed by atoms with Gasteiger partial charge in [-0.2, -0.15) is 0 Å².